The average molecular weight is 348 g/mol. The van der Waals surface area contributed by atoms with Crippen LogP contribution < -0.4 is 9.47 Å². The Bertz CT molecular complexity index is 706. The molecule has 0 radical (unpaired) electrons. The van der Waals surface area contributed by atoms with Crippen LogP contribution in [0.3, 0.4) is 0 Å². The van der Waals surface area contributed by atoms with Crippen molar-refractivity contribution in [2.75, 3.05) is 14.2 Å². The molecule has 0 bridgehead atoms. The summed E-state index contributed by atoms with van der Waals surface area (Å²) in [4.78, 5) is 37.0. The summed E-state index contributed by atoms with van der Waals surface area (Å²) in [6.45, 7) is 4.19. The number of aliphatic hydroxyl groups is 1. The third kappa shape index (κ3) is 3.44. The summed E-state index contributed by atoms with van der Waals surface area (Å²) in [5.74, 6) is -2.57. The molecule has 25 heavy (non-hydrogen) atoms. The first kappa shape index (κ1) is 19.1. The maximum atomic E-state index is 12.5. The molecule has 0 amide bonds. The Morgan fingerprint density at radius 1 is 1.12 bits per heavy atom. The molecule has 0 heterocycles. The van der Waals surface area contributed by atoms with E-state index in [0.29, 0.717) is 17.1 Å². The van der Waals surface area contributed by atoms with Crippen LogP contribution in [-0.2, 0) is 14.4 Å². The lowest BCUT2D eigenvalue weighted by Crippen LogP contribution is -2.53. The number of ketones is 3. The van der Waals surface area contributed by atoms with Gasteiger partial charge in [0.1, 0.15) is 17.3 Å². The number of hydrogen-bond acceptors (Lipinski definition) is 6. The average Bonchev–Trinajstić information content (AvgIpc) is 2.51. The second-order valence-electron chi connectivity index (χ2n) is 6.82. The Morgan fingerprint density at radius 2 is 1.72 bits per heavy atom. The molecule has 0 aliphatic heterocycles. The van der Waals surface area contributed by atoms with Crippen molar-refractivity contribution in [1.29, 1.82) is 0 Å². The molecule has 1 fully saturated rings. The van der Waals surface area contributed by atoms with E-state index in [1.165, 1.54) is 35.0 Å². The van der Waals surface area contributed by atoms with Crippen molar-refractivity contribution in [3.63, 3.8) is 0 Å². The lowest BCUT2D eigenvalue weighted by Gasteiger charge is -2.44. The highest BCUT2D eigenvalue weighted by atomic mass is 16.5. The first-order chi connectivity index (χ1) is 11.6. The largest absolute Gasteiger partial charge is 0.493 e. The molecule has 1 aromatic rings. The van der Waals surface area contributed by atoms with Crippen LogP contribution in [0.15, 0.2) is 18.2 Å². The standard InChI is InChI=1S/C19H24O6/c1-10(20)16-13(22)9-19(3,23)18(11(2)21)17(16)12-6-7-14(24-4)15(8-12)25-5/h6-8,16-18,23H,9H2,1-5H3/t16-,17+,18+,19+/m1/s1. The number of methoxy groups -OCH3 is 2. The number of carbonyl (C=O) groups is 3. The molecule has 0 aromatic heterocycles. The SMILES string of the molecule is COc1ccc([C@H]2[C@H](C(C)=O)C(=O)C[C@](C)(O)[C@H]2C(C)=O)cc1OC. The zero-order valence-corrected chi connectivity index (χ0v) is 15.2. The quantitative estimate of drug-likeness (QED) is 0.818. The van der Waals surface area contributed by atoms with Gasteiger partial charge in [-0.15, -0.1) is 0 Å². The number of ether oxygens (including phenoxy) is 2. The summed E-state index contributed by atoms with van der Waals surface area (Å²) in [5, 5.41) is 10.7. The van der Waals surface area contributed by atoms with Crippen LogP contribution in [0.2, 0.25) is 0 Å². The Labute approximate surface area is 147 Å². The molecule has 0 spiro atoms. The zero-order chi connectivity index (χ0) is 18.9. The van der Waals surface area contributed by atoms with Crippen molar-refractivity contribution in [3.05, 3.63) is 23.8 Å². The van der Waals surface area contributed by atoms with Gasteiger partial charge in [-0.05, 0) is 38.5 Å². The number of rotatable bonds is 5. The molecule has 6 nitrogen and oxygen atoms in total. The van der Waals surface area contributed by atoms with Gasteiger partial charge in [0.15, 0.2) is 11.5 Å². The van der Waals surface area contributed by atoms with E-state index >= 15 is 0 Å². The summed E-state index contributed by atoms with van der Waals surface area (Å²) in [6.07, 6.45) is -0.217. The van der Waals surface area contributed by atoms with E-state index in [4.69, 9.17) is 9.47 Å². The molecule has 136 valence electrons. The van der Waals surface area contributed by atoms with Crippen molar-refractivity contribution < 1.29 is 29.0 Å². The van der Waals surface area contributed by atoms with Crippen molar-refractivity contribution >= 4 is 17.3 Å². The molecule has 2 rings (SSSR count). The Hall–Kier alpha value is -2.21. The smallest absolute Gasteiger partial charge is 0.160 e. The minimum absolute atomic E-state index is 0.217. The van der Waals surface area contributed by atoms with E-state index in [1.807, 2.05) is 0 Å². The third-order valence-corrected chi connectivity index (χ3v) is 4.94. The van der Waals surface area contributed by atoms with Crippen molar-refractivity contribution in [2.24, 2.45) is 11.8 Å². The van der Waals surface area contributed by atoms with E-state index in [2.05, 4.69) is 0 Å². The van der Waals surface area contributed by atoms with Crippen LogP contribution in [0.4, 0.5) is 0 Å². The highest BCUT2D eigenvalue weighted by molar-refractivity contribution is 6.05. The molecule has 1 N–H and O–H groups in total. The fourth-order valence-corrected chi connectivity index (χ4v) is 3.97. The van der Waals surface area contributed by atoms with Gasteiger partial charge in [0, 0.05) is 12.3 Å². The fraction of sp³-hybridized carbons (Fsp3) is 0.526. The summed E-state index contributed by atoms with van der Waals surface area (Å²) in [6, 6.07) is 5.02. The van der Waals surface area contributed by atoms with Crippen molar-refractivity contribution in [3.8, 4) is 11.5 Å². The van der Waals surface area contributed by atoms with Gasteiger partial charge in [0.2, 0.25) is 0 Å². The number of hydrogen-bond donors (Lipinski definition) is 1. The molecule has 4 atom stereocenters. The van der Waals surface area contributed by atoms with E-state index in [-0.39, 0.29) is 23.8 Å². The molecule has 0 saturated heterocycles. The molecule has 1 aliphatic carbocycles. The van der Waals surface area contributed by atoms with Crippen LogP contribution in [0.1, 0.15) is 38.7 Å². The minimum atomic E-state index is -1.51. The van der Waals surface area contributed by atoms with Crippen LogP contribution in [0, 0.1) is 11.8 Å². The first-order valence-electron chi connectivity index (χ1n) is 8.12. The molecule has 1 saturated carbocycles. The fourth-order valence-electron chi connectivity index (χ4n) is 3.97. The van der Waals surface area contributed by atoms with Crippen LogP contribution in [0.25, 0.3) is 0 Å². The van der Waals surface area contributed by atoms with Gasteiger partial charge >= 0.3 is 0 Å². The number of carbonyl (C=O) groups excluding carboxylic acids is 3. The van der Waals surface area contributed by atoms with Gasteiger partial charge in [-0.3, -0.25) is 14.4 Å². The highest BCUT2D eigenvalue weighted by Gasteiger charge is 2.53. The van der Waals surface area contributed by atoms with Gasteiger partial charge in [0.25, 0.3) is 0 Å². The van der Waals surface area contributed by atoms with Gasteiger partial charge < -0.3 is 14.6 Å². The topological polar surface area (TPSA) is 89.9 Å². The van der Waals surface area contributed by atoms with Gasteiger partial charge in [0.05, 0.1) is 31.7 Å². The van der Waals surface area contributed by atoms with E-state index in [0.717, 1.165) is 0 Å². The lowest BCUT2D eigenvalue weighted by molar-refractivity contribution is -0.151. The van der Waals surface area contributed by atoms with Gasteiger partial charge in [-0.25, -0.2) is 0 Å². The molecular weight excluding hydrogens is 324 g/mol. The van der Waals surface area contributed by atoms with Crippen LogP contribution >= 0.6 is 0 Å². The molecule has 0 unspecified atom stereocenters. The Balaban J connectivity index is 2.66. The molecular formula is C19H24O6. The van der Waals surface area contributed by atoms with Crippen molar-refractivity contribution in [1.82, 2.24) is 0 Å². The minimum Gasteiger partial charge on any atom is -0.493 e. The summed E-state index contributed by atoms with van der Waals surface area (Å²) in [7, 11) is 2.98. The summed E-state index contributed by atoms with van der Waals surface area (Å²) < 4.78 is 10.5. The zero-order valence-electron chi connectivity index (χ0n) is 15.2. The van der Waals surface area contributed by atoms with Crippen LogP contribution in [-0.4, -0.2) is 42.3 Å². The van der Waals surface area contributed by atoms with Crippen LogP contribution in [0.5, 0.6) is 11.5 Å². The van der Waals surface area contributed by atoms with Gasteiger partial charge in [-0.2, -0.15) is 0 Å². The lowest BCUT2D eigenvalue weighted by atomic mass is 9.60. The van der Waals surface area contributed by atoms with Gasteiger partial charge in [-0.1, -0.05) is 6.07 Å². The molecule has 6 heteroatoms. The third-order valence-electron chi connectivity index (χ3n) is 4.94. The van der Waals surface area contributed by atoms with Crippen molar-refractivity contribution in [2.45, 2.75) is 38.7 Å². The second-order valence-corrected chi connectivity index (χ2v) is 6.82. The molecule has 1 aliphatic rings. The second kappa shape index (κ2) is 6.96. The Kier molecular flexibility index (Phi) is 5.32. The highest BCUT2D eigenvalue weighted by Crippen LogP contribution is 2.47. The predicted molar refractivity (Wildman–Crippen MR) is 90.9 cm³/mol. The number of benzene rings is 1. The van der Waals surface area contributed by atoms with E-state index < -0.39 is 23.4 Å². The monoisotopic (exact) mass is 348 g/mol. The summed E-state index contributed by atoms with van der Waals surface area (Å²) >= 11 is 0. The van der Waals surface area contributed by atoms with E-state index in [9.17, 15) is 19.5 Å². The Morgan fingerprint density at radius 3 is 2.20 bits per heavy atom. The summed E-state index contributed by atoms with van der Waals surface area (Å²) in [5.41, 5.74) is -0.918. The maximum absolute atomic E-state index is 12.5. The molecule has 1 aromatic carbocycles. The predicted octanol–water partition coefficient (Wildman–Crippen LogP) is 1.92. The normalized spacial score (nSPS) is 29.2. The maximum Gasteiger partial charge on any atom is 0.160 e. The van der Waals surface area contributed by atoms with E-state index in [1.54, 1.807) is 18.2 Å². The first-order valence-corrected chi connectivity index (χ1v) is 8.12. The number of Topliss-reactive ketones (excluding diaryl/α,β-unsaturated/α-hetero) is 3.